The van der Waals surface area contributed by atoms with Gasteiger partial charge >= 0.3 is 6.03 Å². The summed E-state index contributed by atoms with van der Waals surface area (Å²) in [4.78, 5) is 14.3. The van der Waals surface area contributed by atoms with Crippen molar-refractivity contribution in [3.63, 3.8) is 0 Å². The Labute approximate surface area is 129 Å². The largest absolute Gasteiger partial charge is 0.372 e. The van der Waals surface area contributed by atoms with Crippen LogP contribution >= 0.6 is 0 Å². The SMILES string of the molecule is C[C@@H]1CN(C(=O)Nc2ccccc2-n2cccn2)C[C@H](C)O1. The molecular weight excluding hydrogens is 280 g/mol. The van der Waals surface area contributed by atoms with E-state index < -0.39 is 0 Å². The highest BCUT2D eigenvalue weighted by Gasteiger charge is 2.26. The maximum Gasteiger partial charge on any atom is 0.322 e. The highest BCUT2D eigenvalue weighted by Crippen LogP contribution is 2.20. The number of morpholine rings is 1. The van der Waals surface area contributed by atoms with Crippen molar-refractivity contribution >= 4 is 11.7 Å². The number of rotatable bonds is 2. The number of urea groups is 1. The van der Waals surface area contributed by atoms with Crippen molar-refractivity contribution in [2.75, 3.05) is 18.4 Å². The van der Waals surface area contributed by atoms with Gasteiger partial charge in [0.15, 0.2) is 0 Å². The number of ether oxygens (including phenoxy) is 1. The van der Waals surface area contributed by atoms with Gasteiger partial charge in [0.1, 0.15) is 0 Å². The molecule has 1 aromatic carbocycles. The zero-order chi connectivity index (χ0) is 15.5. The number of amides is 2. The molecule has 0 aliphatic carbocycles. The first-order chi connectivity index (χ1) is 10.6. The monoisotopic (exact) mass is 300 g/mol. The fourth-order valence-corrected chi connectivity index (χ4v) is 2.73. The Hall–Kier alpha value is -2.34. The maximum absolute atomic E-state index is 12.5. The Bertz CT molecular complexity index is 631. The molecule has 3 rings (SSSR count). The lowest BCUT2D eigenvalue weighted by atomic mass is 10.2. The molecule has 116 valence electrons. The van der Waals surface area contributed by atoms with Crippen LogP contribution in [-0.4, -0.2) is 46.0 Å². The van der Waals surface area contributed by atoms with E-state index in [1.807, 2.05) is 50.4 Å². The quantitative estimate of drug-likeness (QED) is 0.927. The lowest BCUT2D eigenvalue weighted by Crippen LogP contribution is -2.49. The number of nitrogens with one attached hydrogen (secondary N) is 1. The Kier molecular flexibility index (Phi) is 4.11. The van der Waals surface area contributed by atoms with Gasteiger partial charge in [-0.3, -0.25) is 0 Å². The molecule has 1 saturated heterocycles. The van der Waals surface area contributed by atoms with Crippen LogP contribution in [0.15, 0.2) is 42.7 Å². The summed E-state index contributed by atoms with van der Waals surface area (Å²) in [5.74, 6) is 0. The molecule has 2 atom stereocenters. The predicted molar refractivity (Wildman–Crippen MR) is 84.2 cm³/mol. The molecule has 0 bridgehead atoms. The molecule has 2 amide bonds. The number of anilines is 1. The Balaban J connectivity index is 1.77. The zero-order valence-electron chi connectivity index (χ0n) is 12.8. The maximum atomic E-state index is 12.5. The molecule has 2 heterocycles. The van der Waals surface area contributed by atoms with Crippen molar-refractivity contribution in [1.82, 2.24) is 14.7 Å². The number of aromatic nitrogens is 2. The molecule has 6 nitrogen and oxygen atoms in total. The Morgan fingerprint density at radius 3 is 2.64 bits per heavy atom. The number of carbonyl (C=O) groups excluding carboxylic acids is 1. The molecule has 2 aromatic rings. The van der Waals surface area contributed by atoms with Crippen LogP contribution < -0.4 is 5.32 Å². The lowest BCUT2D eigenvalue weighted by Gasteiger charge is -2.35. The number of carbonyl (C=O) groups is 1. The summed E-state index contributed by atoms with van der Waals surface area (Å²) in [7, 11) is 0. The zero-order valence-corrected chi connectivity index (χ0v) is 12.8. The summed E-state index contributed by atoms with van der Waals surface area (Å²) >= 11 is 0. The van der Waals surface area contributed by atoms with Gasteiger partial charge in [0.25, 0.3) is 0 Å². The second-order valence-corrected chi connectivity index (χ2v) is 5.56. The molecule has 1 aromatic heterocycles. The average Bonchev–Trinajstić information content (AvgIpc) is 3.01. The third-order valence-corrected chi connectivity index (χ3v) is 3.60. The Morgan fingerprint density at radius 1 is 1.23 bits per heavy atom. The average molecular weight is 300 g/mol. The summed E-state index contributed by atoms with van der Waals surface area (Å²) in [5, 5.41) is 7.20. The highest BCUT2D eigenvalue weighted by molar-refractivity contribution is 5.91. The molecule has 6 heteroatoms. The van der Waals surface area contributed by atoms with Crippen LogP contribution in [0.2, 0.25) is 0 Å². The summed E-state index contributed by atoms with van der Waals surface area (Å²) in [6.45, 7) is 5.15. The first-order valence-electron chi connectivity index (χ1n) is 7.44. The summed E-state index contributed by atoms with van der Waals surface area (Å²) in [5.41, 5.74) is 1.58. The molecule has 0 spiro atoms. The van der Waals surface area contributed by atoms with Crippen molar-refractivity contribution in [3.05, 3.63) is 42.7 Å². The summed E-state index contributed by atoms with van der Waals surface area (Å²) in [6.07, 6.45) is 3.67. The molecule has 0 radical (unpaired) electrons. The molecule has 1 N–H and O–H groups in total. The van der Waals surface area contributed by atoms with Gasteiger partial charge in [-0.15, -0.1) is 0 Å². The third-order valence-electron chi connectivity index (χ3n) is 3.60. The number of hydrogen-bond donors (Lipinski definition) is 1. The fraction of sp³-hybridized carbons (Fsp3) is 0.375. The fourth-order valence-electron chi connectivity index (χ4n) is 2.73. The third kappa shape index (κ3) is 3.12. The van der Waals surface area contributed by atoms with Gasteiger partial charge < -0.3 is 15.0 Å². The normalized spacial score (nSPS) is 21.6. The number of para-hydroxylation sites is 2. The van der Waals surface area contributed by atoms with Crippen LogP contribution in [0.25, 0.3) is 5.69 Å². The number of benzene rings is 1. The molecule has 0 unspecified atom stereocenters. The first kappa shape index (κ1) is 14.6. The minimum atomic E-state index is -0.110. The molecule has 1 aliphatic heterocycles. The van der Waals surface area contributed by atoms with Gasteiger partial charge in [-0.05, 0) is 32.0 Å². The number of hydrogen-bond acceptors (Lipinski definition) is 3. The van der Waals surface area contributed by atoms with E-state index in [0.717, 1.165) is 11.4 Å². The molecular formula is C16H20N4O2. The van der Waals surface area contributed by atoms with Crippen LogP contribution in [0, 0.1) is 0 Å². The van der Waals surface area contributed by atoms with Crippen molar-refractivity contribution < 1.29 is 9.53 Å². The standard InChI is InChI=1S/C16H20N4O2/c1-12-10-19(11-13(2)22-12)16(21)18-14-6-3-4-7-15(14)20-9-5-8-17-20/h3-9,12-13H,10-11H2,1-2H3,(H,18,21)/t12-,13+. The Morgan fingerprint density at radius 2 is 1.95 bits per heavy atom. The minimum Gasteiger partial charge on any atom is -0.372 e. The van der Waals surface area contributed by atoms with Gasteiger partial charge in [-0.25, -0.2) is 9.48 Å². The second kappa shape index (κ2) is 6.19. The number of nitrogens with zero attached hydrogens (tertiary/aromatic N) is 3. The minimum absolute atomic E-state index is 0.0517. The predicted octanol–water partition coefficient (Wildman–Crippen LogP) is 2.51. The van der Waals surface area contributed by atoms with Crippen LogP contribution in [0.4, 0.5) is 10.5 Å². The van der Waals surface area contributed by atoms with Crippen LogP contribution in [-0.2, 0) is 4.74 Å². The van der Waals surface area contributed by atoms with E-state index in [0.29, 0.717) is 13.1 Å². The molecule has 1 fully saturated rings. The van der Waals surface area contributed by atoms with E-state index in [1.54, 1.807) is 15.8 Å². The van der Waals surface area contributed by atoms with Crippen LogP contribution in [0.1, 0.15) is 13.8 Å². The van der Waals surface area contributed by atoms with Crippen molar-refractivity contribution in [3.8, 4) is 5.69 Å². The van der Waals surface area contributed by atoms with Crippen molar-refractivity contribution in [2.24, 2.45) is 0 Å². The first-order valence-corrected chi connectivity index (χ1v) is 7.44. The van der Waals surface area contributed by atoms with E-state index in [4.69, 9.17) is 4.74 Å². The van der Waals surface area contributed by atoms with E-state index in [9.17, 15) is 4.79 Å². The van der Waals surface area contributed by atoms with Crippen molar-refractivity contribution in [2.45, 2.75) is 26.1 Å². The summed E-state index contributed by atoms with van der Waals surface area (Å²) in [6, 6.07) is 9.36. The second-order valence-electron chi connectivity index (χ2n) is 5.56. The smallest absolute Gasteiger partial charge is 0.322 e. The van der Waals surface area contributed by atoms with Crippen molar-refractivity contribution in [1.29, 1.82) is 0 Å². The molecule has 22 heavy (non-hydrogen) atoms. The van der Waals surface area contributed by atoms with E-state index in [1.165, 1.54) is 0 Å². The molecule has 0 saturated carbocycles. The molecule has 1 aliphatic rings. The summed E-state index contributed by atoms with van der Waals surface area (Å²) < 4.78 is 7.40. The highest BCUT2D eigenvalue weighted by atomic mass is 16.5. The van der Waals surface area contributed by atoms with Gasteiger partial charge in [0.05, 0.1) is 23.6 Å². The topological polar surface area (TPSA) is 59.4 Å². The lowest BCUT2D eigenvalue weighted by molar-refractivity contribution is -0.0530. The van der Waals surface area contributed by atoms with Crippen LogP contribution in [0.5, 0.6) is 0 Å². The van der Waals surface area contributed by atoms with E-state index in [-0.39, 0.29) is 18.2 Å². The van der Waals surface area contributed by atoms with E-state index in [2.05, 4.69) is 10.4 Å². The van der Waals surface area contributed by atoms with E-state index >= 15 is 0 Å². The van der Waals surface area contributed by atoms with Crippen LogP contribution in [0.3, 0.4) is 0 Å². The van der Waals surface area contributed by atoms with Gasteiger partial charge in [-0.2, -0.15) is 5.10 Å². The van der Waals surface area contributed by atoms with Gasteiger partial charge in [0, 0.05) is 25.5 Å². The van der Waals surface area contributed by atoms with Gasteiger partial charge in [0.2, 0.25) is 0 Å². The van der Waals surface area contributed by atoms with Gasteiger partial charge in [-0.1, -0.05) is 12.1 Å².